The monoisotopic (exact) mass is 291 g/mol. The fourth-order valence-electron chi connectivity index (χ4n) is 2.91. The normalized spacial score (nSPS) is 19.0. The van der Waals surface area contributed by atoms with Crippen molar-refractivity contribution >= 4 is 16.9 Å². The number of nitrogens with zero attached hydrogens (tertiary/aromatic N) is 2. The van der Waals surface area contributed by atoms with Crippen molar-refractivity contribution in [2.24, 2.45) is 0 Å². The number of hydrogen-bond donors (Lipinski definition) is 2. The molecule has 6 heteroatoms. The summed E-state index contributed by atoms with van der Waals surface area (Å²) in [7, 11) is 2.03. The van der Waals surface area contributed by atoms with E-state index in [0.29, 0.717) is 24.2 Å². The smallest absolute Gasteiger partial charge is 0.325 e. The summed E-state index contributed by atoms with van der Waals surface area (Å²) in [4.78, 5) is 18.9. The number of fused-ring (bicyclic) bond motifs is 1. The number of hydrogen-bond acceptors (Lipinski definition) is 3. The summed E-state index contributed by atoms with van der Waals surface area (Å²) in [5.74, 6) is -1.20. The molecule has 1 aliphatic heterocycles. The van der Waals surface area contributed by atoms with E-state index in [0.717, 1.165) is 18.5 Å². The van der Waals surface area contributed by atoms with E-state index in [9.17, 15) is 14.3 Å². The SMILES string of the molecule is CN1CCN(C(C(=O)O)c2c[nH]c3cc(F)ccc23)CC1. The van der Waals surface area contributed by atoms with Gasteiger partial charge in [-0.3, -0.25) is 9.69 Å². The fourth-order valence-corrected chi connectivity index (χ4v) is 2.91. The predicted molar refractivity (Wildman–Crippen MR) is 77.7 cm³/mol. The van der Waals surface area contributed by atoms with Crippen LogP contribution in [0, 0.1) is 5.82 Å². The van der Waals surface area contributed by atoms with Gasteiger partial charge in [0, 0.05) is 48.8 Å². The van der Waals surface area contributed by atoms with E-state index in [1.54, 1.807) is 12.3 Å². The third-order valence-electron chi connectivity index (χ3n) is 4.11. The minimum Gasteiger partial charge on any atom is -0.480 e. The van der Waals surface area contributed by atoms with Crippen LogP contribution in [0.15, 0.2) is 24.4 Å². The van der Waals surface area contributed by atoms with Crippen LogP contribution in [0.2, 0.25) is 0 Å². The molecule has 0 bridgehead atoms. The molecule has 1 fully saturated rings. The van der Waals surface area contributed by atoms with Gasteiger partial charge in [-0.05, 0) is 25.2 Å². The van der Waals surface area contributed by atoms with Gasteiger partial charge in [0.15, 0.2) is 0 Å². The molecule has 5 nitrogen and oxygen atoms in total. The molecule has 2 heterocycles. The van der Waals surface area contributed by atoms with Crippen molar-refractivity contribution in [3.63, 3.8) is 0 Å². The van der Waals surface area contributed by atoms with E-state index in [-0.39, 0.29) is 5.82 Å². The van der Waals surface area contributed by atoms with Crippen LogP contribution in [0.3, 0.4) is 0 Å². The first-order chi connectivity index (χ1) is 10.1. The molecule has 3 rings (SSSR count). The van der Waals surface area contributed by atoms with E-state index >= 15 is 0 Å². The molecule has 1 unspecified atom stereocenters. The highest BCUT2D eigenvalue weighted by Crippen LogP contribution is 2.29. The Balaban J connectivity index is 1.98. The molecule has 1 aliphatic rings. The number of likely N-dealkylation sites (N-methyl/N-ethyl adjacent to an activating group) is 1. The number of benzene rings is 1. The van der Waals surface area contributed by atoms with Gasteiger partial charge in [-0.2, -0.15) is 0 Å². The Labute approximate surface area is 122 Å². The standard InChI is InChI=1S/C15H18FN3O2/c1-18-4-6-19(7-5-18)14(15(20)21)12-9-17-13-8-10(16)2-3-11(12)13/h2-3,8-9,14,17H,4-7H2,1H3,(H,20,21). The summed E-state index contributed by atoms with van der Waals surface area (Å²) in [6.45, 7) is 3.12. The first-order valence-electron chi connectivity index (χ1n) is 6.98. The van der Waals surface area contributed by atoms with E-state index < -0.39 is 12.0 Å². The van der Waals surface area contributed by atoms with Gasteiger partial charge < -0.3 is 15.0 Å². The number of carboxylic acid groups (broad SMARTS) is 1. The number of aromatic nitrogens is 1. The van der Waals surface area contributed by atoms with Crippen LogP contribution < -0.4 is 0 Å². The van der Waals surface area contributed by atoms with Crippen molar-refractivity contribution in [1.82, 2.24) is 14.8 Å². The van der Waals surface area contributed by atoms with Gasteiger partial charge in [-0.25, -0.2) is 4.39 Å². The first kappa shape index (κ1) is 14.0. The van der Waals surface area contributed by atoms with Gasteiger partial charge in [-0.1, -0.05) is 0 Å². The molecule has 112 valence electrons. The molecule has 2 N–H and O–H groups in total. The average molecular weight is 291 g/mol. The maximum absolute atomic E-state index is 13.3. The number of nitrogens with one attached hydrogen (secondary N) is 1. The van der Waals surface area contributed by atoms with Crippen LogP contribution in [0.4, 0.5) is 4.39 Å². The predicted octanol–water partition coefficient (Wildman–Crippen LogP) is 1.68. The summed E-state index contributed by atoms with van der Waals surface area (Å²) in [6, 6.07) is 3.70. The molecular weight excluding hydrogens is 273 g/mol. The van der Waals surface area contributed by atoms with Gasteiger partial charge in [-0.15, -0.1) is 0 Å². The maximum atomic E-state index is 13.3. The Morgan fingerprint density at radius 1 is 1.33 bits per heavy atom. The van der Waals surface area contributed by atoms with Crippen molar-refractivity contribution in [2.45, 2.75) is 6.04 Å². The molecule has 0 saturated carbocycles. The Hall–Kier alpha value is -1.92. The Bertz CT molecular complexity index is 662. The fraction of sp³-hybridized carbons (Fsp3) is 0.400. The average Bonchev–Trinajstić information content (AvgIpc) is 2.84. The van der Waals surface area contributed by atoms with Crippen molar-refractivity contribution in [3.8, 4) is 0 Å². The van der Waals surface area contributed by atoms with Crippen molar-refractivity contribution in [3.05, 3.63) is 35.8 Å². The first-order valence-corrected chi connectivity index (χ1v) is 6.98. The van der Waals surface area contributed by atoms with E-state index in [4.69, 9.17) is 0 Å². The van der Waals surface area contributed by atoms with Crippen LogP contribution in [-0.4, -0.2) is 59.1 Å². The molecule has 1 atom stereocenters. The molecule has 0 amide bonds. The summed E-state index contributed by atoms with van der Waals surface area (Å²) >= 11 is 0. The molecule has 1 aromatic carbocycles. The van der Waals surface area contributed by atoms with E-state index in [2.05, 4.69) is 9.88 Å². The van der Waals surface area contributed by atoms with Crippen molar-refractivity contribution in [2.75, 3.05) is 33.2 Å². The Kier molecular flexibility index (Phi) is 3.65. The highest BCUT2D eigenvalue weighted by atomic mass is 19.1. The maximum Gasteiger partial charge on any atom is 0.325 e. The number of carboxylic acids is 1. The lowest BCUT2D eigenvalue weighted by Crippen LogP contribution is -2.47. The number of halogens is 1. The number of carbonyl (C=O) groups is 1. The third kappa shape index (κ3) is 2.64. The van der Waals surface area contributed by atoms with Gasteiger partial charge in [0.1, 0.15) is 11.9 Å². The number of piperazine rings is 1. The van der Waals surface area contributed by atoms with Gasteiger partial charge in [0.25, 0.3) is 0 Å². The van der Waals surface area contributed by atoms with Crippen LogP contribution in [0.1, 0.15) is 11.6 Å². The Morgan fingerprint density at radius 3 is 2.71 bits per heavy atom. The van der Waals surface area contributed by atoms with Crippen molar-refractivity contribution < 1.29 is 14.3 Å². The number of aromatic amines is 1. The second kappa shape index (κ2) is 5.46. The lowest BCUT2D eigenvalue weighted by atomic mass is 10.0. The molecule has 1 aromatic heterocycles. The highest BCUT2D eigenvalue weighted by Gasteiger charge is 2.31. The number of H-pyrrole nitrogens is 1. The second-order valence-corrected chi connectivity index (χ2v) is 5.51. The quantitative estimate of drug-likeness (QED) is 0.903. The van der Waals surface area contributed by atoms with Gasteiger partial charge in [0.05, 0.1) is 0 Å². The van der Waals surface area contributed by atoms with Crippen LogP contribution >= 0.6 is 0 Å². The topological polar surface area (TPSA) is 59.6 Å². The molecule has 0 aliphatic carbocycles. The number of aliphatic carboxylic acids is 1. The number of rotatable bonds is 3. The van der Waals surface area contributed by atoms with Crippen molar-refractivity contribution in [1.29, 1.82) is 0 Å². The summed E-state index contributed by atoms with van der Waals surface area (Å²) in [6.07, 6.45) is 1.68. The van der Waals surface area contributed by atoms with Gasteiger partial charge >= 0.3 is 5.97 Å². The lowest BCUT2D eigenvalue weighted by Gasteiger charge is -2.36. The summed E-state index contributed by atoms with van der Waals surface area (Å²) in [5.41, 5.74) is 1.33. The minimum atomic E-state index is -0.871. The molecule has 0 spiro atoms. The molecule has 2 aromatic rings. The van der Waals surface area contributed by atoms with Crippen LogP contribution in [-0.2, 0) is 4.79 Å². The zero-order valence-corrected chi connectivity index (χ0v) is 11.8. The van der Waals surface area contributed by atoms with Gasteiger partial charge in [0.2, 0.25) is 0 Å². The molecular formula is C15H18FN3O2. The molecule has 0 radical (unpaired) electrons. The molecule has 1 saturated heterocycles. The second-order valence-electron chi connectivity index (χ2n) is 5.51. The summed E-state index contributed by atoms with van der Waals surface area (Å²) in [5, 5.41) is 10.4. The summed E-state index contributed by atoms with van der Waals surface area (Å²) < 4.78 is 13.3. The zero-order valence-electron chi connectivity index (χ0n) is 11.8. The van der Waals surface area contributed by atoms with E-state index in [1.807, 2.05) is 11.9 Å². The minimum absolute atomic E-state index is 0.331. The van der Waals surface area contributed by atoms with Crippen LogP contribution in [0.25, 0.3) is 10.9 Å². The largest absolute Gasteiger partial charge is 0.480 e. The highest BCUT2D eigenvalue weighted by molar-refractivity contribution is 5.89. The Morgan fingerprint density at radius 2 is 2.05 bits per heavy atom. The van der Waals surface area contributed by atoms with E-state index in [1.165, 1.54) is 12.1 Å². The molecule has 21 heavy (non-hydrogen) atoms. The van der Waals surface area contributed by atoms with Crippen LogP contribution in [0.5, 0.6) is 0 Å². The zero-order chi connectivity index (χ0) is 15.0. The lowest BCUT2D eigenvalue weighted by molar-refractivity contribution is -0.144. The third-order valence-corrected chi connectivity index (χ3v) is 4.11.